The van der Waals surface area contributed by atoms with Gasteiger partial charge in [0.25, 0.3) is 0 Å². The third-order valence-electron chi connectivity index (χ3n) is 2.12. The third-order valence-corrected chi connectivity index (χ3v) is 3.82. The van der Waals surface area contributed by atoms with E-state index in [4.69, 9.17) is 5.73 Å². The summed E-state index contributed by atoms with van der Waals surface area (Å²) in [6.45, 7) is 2.69. The Labute approximate surface area is 115 Å². The molecule has 1 amide bonds. The molecule has 0 aliphatic rings. The van der Waals surface area contributed by atoms with Gasteiger partial charge >= 0.3 is 0 Å². The van der Waals surface area contributed by atoms with E-state index in [1.165, 1.54) is 0 Å². The molecule has 1 rings (SSSR count). The lowest BCUT2D eigenvalue weighted by molar-refractivity contribution is -0.113. The maximum atomic E-state index is 11.6. The van der Waals surface area contributed by atoms with E-state index in [9.17, 15) is 4.79 Å². The molecule has 1 aromatic rings. The predicted octanol–water partition coefficient (Wildman–Crippen LogP) is 2.78. The fourth-order valence-electron chi connectivity index (χ4n) is 1.26. The van der Waals surface area contributed by atoms with Gasteiger partial charge in [0.2, 0.25) is 5.91 Å². The van der Waals surface area contributed by atoms with Crippen molar-refractivity contribution in [2.75, 3.05) is 23.4 Å². The van der Waals surface area contributed by atoms with Crippen LogP contribution in [0.1, 0.15) is 12.0 Å². The minimum Gasteiger partial charge on any atom is -0.330 e. The first-order valence-corrected chi connectivity index (χ1v) is 7.42. The van der Waals surface area contributed by atoms with Gasteiger partial charge < -0.3 is 11.1 Å². The molecule has 0 radical (unpaired) electrons. The van der Waals surface area contributed by atoms with Gasteiger partial charge in [-0.1, -0.05) is 6.07 Å². The number of rotatable bonds is 6. The van der Waals surface area contributed by atoms with E-state index in [1.54, 1.807) is 11.8 Å². The largest absolute Gasteiger partial charge is 0.330 e. The maximum absolute atomic E-state index is 11.6. The molecule has 0 aliphatic heterocycles. The van der Waals surface area contributed by atoms with Crippen molar-refractivity contribution < 1.29 is 4.79 Å². The number of amides is 1. The van der Waals surface area contributed by atoms with Crippen molar-refractivity contribution in [3.63, 3.8) is 0 Å². The van der Waals surface area contributed by atoms with Crippen molar-refractivity contribution >= 4 is 39.3 Å². The first-order chi connectivity index (χ1) is 8.13. The van der Waals surface area contributed by atoms with Crippen molar-refractivity contribution in [2.24, 2.45) is 5.73 Å². The van der Waals surface area contributed by atoms with Crippen LogP contribution in [0.4, 0.5) is 5.69 Å². The van der Waals surface area contributed by atoms with Crippen LogP contribution in [-0.2, 0) is 4.79 Å². The Morgan fingerprint density at radius 2 is 2.29 bits per heavy atom. The van der Waals surface area contributed by atoms with Gasteiger partial charge in [0.15, 0.2) is 0 Å². The molecule has 0 spiro atoms. The zero-order chi connectivity index (χ0) is 12.7. The van der Waals surface area contributed by atoms with Crippen LogP contribution in [0.5, 0.6) is 0 Å². The Kier molecular flexibility index (Phi) is 6.62. The monoisotopic (exact) mass is 316 g/mol. The van der Waals surface area contributed by atoms with Crippen molar-refractivity contribution in [1.29, 1.82) is 0 Å². The lowest BCUT2D eigenvalue weighted by Gasteiger charge is -2.07. The van der Waals surface area contributed by atoms with Crippen LogP contribution in [0.2, 0.25) is 0 Å². The Bertz CT molecular complexity index is 385. The number of halogens is 1. The summed E-state index contributed by atoms with van der Waals surface area (Å²) in [5, 5.41) is 2.88. The molecule has 17 heavy (non-hydrogen) atoms. The van der Waals surface area contributed by atoms with Crippen LogP contribution in [0.3, 0.4) is 0 Å². The Hall–Kier alpha value is -0.520. The van der Waals surface area contributed by atoms with Gasteiger partial charge in [0.05, 0.1) is 11.4 Å². The minimum absolute atomic E-state index is 0.0246. The fraction of sp³-hybridized carbons (Fsp3) is 0.417. The van der Waals surface area contributed by atoms with Crippen molar-refractivity contribution in [3.05, 3.63) is 28.2 Å². The number of carbonyl (C=O) groups is 1. The fourth-order valence-corrected chi connectivity index (χ4v) is 2.62. The molecule has 3 N–H and O–H groups in total. The van der Waals surface area contributed by atoms with Gasteiger partial charge in [-0.2, -0.15) is 11.8 Å². The second-order valence-electron chi connectivity index (χ2n) is 3.73. The first kappa shape index (κ1) is 14.5. The summed E-state index contributed by atoms with van der Waals surface area (Å²) in [5.74, 6) is 1.43. The SMILES string of the molecule is Cc1ccc(NC(=O)CSCCCN)c(Br)c1. The average molecular weight is 317 g/mol. The molecule has 0 bridgehead atoms. The molecule has 5 heteroatoms. The predicted molar refractivity (Wildman–Crippen MR) is 78.5 cm³/mol. The van der Waals surface area contributed by atoms with E-state index in [2.05, 4.69) is 21.2 Å². The highest BCUT2D eigenvalue weighted by Gasteiger charge is 2.05. The normalized spacial score (nSPS) is 10.3. The Morgan fingerprint density at radius 1 is 1.53 bits per heavy atom. The summed E-state index contributed by atoms with van der Waals surface area (Å²) < 4.78 is 0.915. The second-order valence-corrected chi connectivity index (χ2v) is 5.69. The zero-order valence-corrected chi connectivity index (χ0v) is 12.2. The Balaban J connectivity index is 2.40. The van der Waals surface area contributed by atoms with Gasteiger partial charge in [0, 0.05) is 4.47 Å². The number of anilines is 1. The molecule has 0 aromatic heterocycles. The molecule has 0 saturated heterocycles. The quantitative estimate of drug-likeness (QED) is 0.793. The summed E-state index contributed by atoms with van der Waals surface area (Å²) in [7, 11) is 0. The molecule has 94 valence electrons. The third kappa shape index (κ3) is 5.57. The highest BCUT2D eigenvalue weighted by Crippen LogP contribution is 2.23. The maximum Gasteiger partial charge on any atom is 0.234 e. The number of hydrogen-bond donors (Lipinski definition) is 2. The van der Waals surface area contributed by atoms with Crippen LogP contribution < -0.4 is 11.1 Å². The van der Waals surface area contributed by atoms with E-state index in [0.29, 0.717) is 12.3 Å². The lowest BCUT2D eigenvalue weighted by Crippen LogP contribution is -2.15. The molecule has 0 unspecified atom stereocenters. The number of thioether (sulfide) groups is 1. The topological polar surface area (TPSA) is 55.1 Å². The van der Waals surface area contributed by atoms with Crippen molar-refractivity contribution in [1.82, 2.24) is 0 Å². The minimum atomic E-state index is 0.0246. The molecule has 0 atom stereocenters. The van der Waals surface area contributed by atoms with Crippen LogP contribution in [0.15, 0.2) is 22.7 Å². The first-order valence-electron chi connectivity index (χ1n) is 5.47. The lowest BCUT2D eigenvalue weighted by atomic mass is 10.2. The summed E-state index contributed by atoms with van der Waals surface area (Å²) in [5.41, 5.74) is 7.36. The number of nitrogens with two attached hydrogens (primary N) is 1. The van der Waals surface area contributed by atoms with Gasteiger partial charge in [-0.15, -0.1) is 0 Å². The summed E-state index contributed by atoms with van der Waals surface area (Å²) in [6, 6.07) is 5.86. The zero-order valence-electron chi connectivity index (χ0n) is 9.83. The van der Waals surface area contributed by atoms with E-state index in [-0.39, 0.29) is 5.91 Å². The molecule has 0 heterocycles. The van der Waals surface area contributed by atoms with Gasteiger partial charge in [-0.05, 0) is 59.3 Å². The van der Waals surface area contributed by atoms with Crippen LogP contribution in [0, 0.1) is 6.92 Å². The molecule has 0 fully saturated rings. The standard InChI is InChI=1S/C12H17BrN2OS/c1-9-3-4-11(10(13)7-9)15-12(16)8-17-6-2-5-14/h3-4,7H,2,5-6,8,14H2,1H3,(H,15,16). The number of nitrogens with one attached hydrogen (secondary N) is 1. The van der Waals surface area contributed by atoms with Crippen molar-refractivity contribution in [2.45, 2.75) is 13.3 Å². The molecular weight excluding hydrogens is 300 g/mol. The number of benzene rings is 1. The van der Waals surface area contributed by atoms with E-state index >= 15 is 0 Å². The van der Waals surface area contributed by atoms with E-state index in [0.717, 1.165) is 27.9 Å². The highest BCUT2D eigenvalue weighted by molar-refractivity contribution is 9.10. The van der Waals surface area contributed by atoms with Gasteiger partial charge in [0.1, 0.15) is 0 Å². The molecular formula is C12H17BrN2OS. The van der Waals surface area contributed by atoms with Gasteiger partial charge in [-0.25, -0.2) is 0 Å². The molecule has 0 saturated carbocycles. The number of carbonyl (C=O) groups excluding carboxylic acids is 1. The molecule has 1 aromatic carbocycles. The van der Waals surface area contributed by atoms with Crippen LogP contribution in [0.25, 0.3) is 0 Å². The number of hydrogen-bond acceptors (Lipinski definition) is 3. The van der Waals surface area contributed by atoms with Crippen LogP contribution in [-0.4, -0.2) is 24.0 Å². The smallest absolute Gasteiger partial charge is 0.234 e. The van der Waals surface area contributed by atoms with Crippen LogP contribution >= 0.6 is 27.7 Å². The average Bonchev–Trinajstić information content (AvgIpc) is 2.28. The number of aryl methyl sites for hydroxylation is 1. The summed E-state index contributed by atoms with van der Waals surface area (Å²) in [6.07, 6.45) is 0.951. The summed E-state index contributed by atoms with van der Waals surface area (Å²) in [4.78, 5) is 11.6. The van der Waals surface area contributed by atoms with Gasteiger partial charge in [-0.3, -0.25) is 4.79 Å². The second kappa shape index (κ2) is 7.74. The van der Waals surface area contributed by atoms with E-state index < -0.39 is 0 Å². The highest BCUT2D eigenvalue weighted by atomic mass is 79.9. The Morgan fingerprint density at radius 3 is 2.94 bits per heavy atom. The molecule has 0 aliphatic carbocycles. The van der Waals surface area contributed by atoms with Crippen molar-refractivity contribution in [3.8, 4) is 0 Å². The molecule has 3 nitrogen and oxygen atoms in total. The van der Waals surface area contributed by atoms with E-state index in [1.807, 2.05) is 25.1 Å². The summed E-state index contributed by atoms with van der Waals surface area (Å²) >= 11 is 5.04.